The molecule has 2 atom stereocenters. The van der Waals surface area contributed by atoms with Gasteiger partial charge in [-0.25, -0.2) is 0 Å². The third-order valence-electron chi connectivity index (χ3n) is 10.4. The average Bonchev–Trinajstić information content (AvgIpc) is 3.41. The molecule has 8 rings (SSSR count). The van der Waals surface area contributed by atoms with Crippen LogP contribution in [0.25, 0.3) is 0 Å². The van der Waals surface area contributed by atoms with Gasteiger partial charge >= 0.3 is 0 Å². The molecule has 0 saturated heterocycles. The smallest absolute Gasteiger partial charge is 0.257 e. The Kier molecular flexibility index (Phi) is 12.7. The Morgan fingerprint density at radius 3 is 1.39 bits per heavy atom. The molecule has 284 valence electrons. The zero-order valence-corrected chi connectivity index (χ0v) is 33.4. The molecular formula is C42H46Br2N4O6. The molecule has 0 aromatic heterocycles. The summed E-state index contributed by atoms with van der Waals surface area (Å²) in [6, 6.07) is 27.8. The molecule has 0 spiro atoms. The van der Waals surface area contributed by atoms with Gasteiger partial charge in [0.05, 0.1) is 36.4 Å². The number of carbonyl (C=O) groups is 2. The van der Waals surface area contributed by atoms with Gasteiger partial charge in [-0.1, -0.05) is 80.4 Å². The first-order valence-corrected chi connectivity index (χ1v) is 20.2. The molecule has 0 bridgehead atoms. The molecular weight excluding hydrogens is 816 g/mol. The number of β-amino-alcohol motifs (C(OH)–C–C–N with tert-alkyl or cyclic N) is 2. The van der Waals surface area contributed by atoms with E-state index in [0.717, 1.165) is 48.0 Å². The minimum absolute atomic E-state index is 0.0909. The van der Waals surface area contributed by atoms with Crippen LogP contribution in [0.3, 0.4) is 0 Å². The summed E-state index contributed by atoms with van der Waals surface area (Å²) in [5.41, 5.74) is 6.53. The Balaban J connectivity index is 0.000000167. The van der Waals surface area contributed by atoms with E-state index in [1.54, 1.807) is 21.9 Å². The predicted octanol–water partition coefficient (Wildman–Crippen LogP) is 5.41. The first kappa shape index (κ1) is 38.5. The number of aliphatic hydroxyl groups is 2. The van der Waals surface area contributed by atoms with Crippen molar-refractivity contribution in [2.45, 2.75) is 38.1 Å². The fraction of sp³-hybridized carbons (Fsp3) is 0.381. The number of nitrogens with zero attached hydrogens (tertiary/aromatic N) is 4. The van der Waals surface area contributed by atoms with Crippen LogP contribution in [0, 0.1) is 0 Å². The van der Waals surface area contributed by atoms with Crippen molar-refractivity contribution in [1.82, 2.24) is 19.6 Å². The van der Waals surface area contributed by atoms with Crippen LogP contribution in [0.4, 0.5) is 0 Å². The number of benzene rings is 4. The number of hydrogen-bond donors (Lipinski definition) is 2. The van der Waals surface area contributed by atoms with Crippen LogP contribution < -0.4 is 9.47 Å². The summed E-state index contributed by atoms with van der Waals surface area (Å²) in [5.74, 6) is 1.03. The highest BCUT2D eigenvalue weighted by Crippen LogP contribution is 2.28. The van der Waals surface area contributed by atoms with Gasteiger partial charge in [0.2, 0.25) is 0 Å². The van der Waals surface area contributed by atoms with Crippen LogP contribution in [0.1, 0.15) is 43.0 Å². The Morgan fingerprint density at radius 1 is 0.556 bits per heavy atom. The van der Waals surface area contributed by atoms with Gasteiger partial charge in [-0.3, -0.25) is 19.4 Å². The van der Waals surface area contributed by atoms with Gasteiger partial charge in [0.1, 0.15) is 24.7 Å². The number of amides is 2. The average molecular weight is 863 g/mol. The lowest BCUT2D eigenvalue weighted by Gasteiger charge is -2.32. The quantitative estimate of drug-likeness (QED) is 0.243. The summed E-state index contributed by atoms with van der Waals surface area (Å²) in [5, 5.41) is 21.3. The SMILES string of the molecule is O=C1c2cc(Br)ccc2OCCN1C[C@@H](O)CN1CCc2ccccc2C1.O=C1c2cc(Br)ccc2OCCN1C[C@H](O)CN1CCc2ccccc2C1. The second kappa shape index (κ2) is 17.8. The normalized spacial score (nSPS) is 18.3. The molecule has 10 nitrogen and oxygen atoms in total. The van der Waals surface area contributed by atoms with Gasteiger partial charge in [-0.05, 0) is 71.5 Å². The van der Waals surface area contributed by atoms with E-state index in [1.807, 2.05) is 24.3 Å². The number of ether oxygens (including phenoxy) is 2. The van der Waals surface area contributed by atoms with Crippen molar-refractivity contribution in [3.63, 3.8) is 0 Å². The maximum absolute atomic E-state index is 12.9. The van der Waals surface area contributed by atoms with Crippen molar-refractivity contribution in [3.05, 3.63) is 127 Å². The van der Waals surface area contributed by atoms with E-state index < -0.39 is 12.2 Å². The lowest BCUT2D eigenvalue weighted by molar-refractivity contribution is 0.0500. The zero-order valence-electron chi connectivity index (χ0n) is 30.2. The van der Waals surface area contributed by atoms with Crippen molar-refractivity contribution in [2.75, 3.05) is 65.6 Å². The first-order chi connectivity index (χ1) is 26.2. The van der Waals surface area contributed by atoms with E-state index in [9.17, 15) is 19.8 Å². The zero-order chi connectivity index (χ0) is 37.6. The summed E-state index contributed by atoms with van der Waals surface area (Å²) in [6.45, 7) is 7.12. The highest BCUT2D eigenvalue weighted by Gasteiger charge is 2.29. The highest BCUT2D eigenvalue weighted by molar-refractivity contribution is 9.10. The Labute approximate surface area is 333 Å². The summed E-state index contributed by atoms with van der Waals surface area (Å²) >= 11 is 6.82. The minimum atomic E-state index is -0.590. The monoisotopic (exact) mass is 860 g/mol. The third-order valence-corrected chi connectivity index (χ3v) is 11.4. The van der Waals surface area contributed by atoms with E-state index in [4.69, 9.17) is 9.47 Å². The molecule has 2 amide bonds. The summed E-state index contributed by atoms with van der Waals surface area (Å²) in [7, 11) is 0. The predicted molar refractivity (Wildman–Crippen MR) is 214 cm³/mol. The molecule has 0 aliphatic carbocycles. The molecule has 0 unspecified atom stereocenters. The number of aliphatic hydroxyl groups excluding tert-OH is 2. The van der Waals surface area contributed by atoms with E-state index in [2.05, 4.69) is 90.2 Å². The van der Waals surface area contributed by atoms with E-state index in [-0.39, 0.29) is 11.8 Å². The summed E-state index contributed by atoms with van der Waals surface area (Å²) in [4.78, 5) is 33.7. The van der Waals surface area contributed by atoms with E-state index in [0.29, 0.717) is 75.1 Å². The lowest BCUT2D eigenvalue weighted by Crippen LogP contribution is -2.44. The van der Waals surface area contributed by atoms with Crippen LogP contribution in [-0.4, -0.2) is 119 Å². The third kappa shape index (κ3) is 9.53. The standard InChI is InChI=1S/2C21H23BrN2O3/c2*22-17-5-6-20-19(11-17)21(26)24(9-10-27-20)14-18(25)13-23-8-7-15-3-1-2-4-16(15)12-23/h2*1-6,11,18,25H,7-10,12-14H2/t2*18-/m10/s1. The Morgan fingerprint density at radius 2 is 0.963 bits per heavy atom. The topological polar surface area (TPSA) is 106 Å². The van der Waals surface area contributed by atoms with Crippen LogP contribution in [0.5, 0.6) is 11.5 Å². The van der Waals surface area contributed by atoms with Gasteiger partial charge in [-0.15, -0.1) is 0 Å². The van der Waals surface area contributed by atoms with Crippen LogP contribution >= 0.6 is 31.9 Å². The number of fused-ring (bicyclic) bond motifs is 4. The summed E-state index contributed by atoms with van der Waals surface area (Å²) < 4.78 is 13.1. The van der Waals surface area contributed by atoms with Crippen LogP contribution in [-0.2, 0) is 25.9 Å². The largest absolute Gasteiger partial charge is 0.491 e. The Bertz CT molecular complexity index is 1820. The van der Waals surface area contributed by atoms with Gasteiger partial charge < -0.3 is 29.5 Å². The molecule has 0 saturated carbocycles. The van der Waals surface area contributed by atoms with Crippen LogP contribution in [0.15, 0.2) is 93.9 Å². The van der Waals surface area contributed by atoms with Gasteiger partial charge in [0.15, 0.2) is 0 Å². The van der Waals surface area contributed by atoms with Gasteiger partial charge in [0, 0.05) is 61.3 Å². The number of halogens is 2. The molecule has 0 radical (unpaired) electrons. The van der Waals surface area contributed by atoms with Crippen molar-refractivity contribution in [1.29, 1.82) is 0 Å². The fourth-order valence-corrected chi connectivity index (χ4v) is 8.38. The molecule has 4 aromatic rings. The molecule has 4 aliphatic rings. The minimum Gasteiger partial charge on any atom is -0.491 e. The first-order valence-electron chi connectivity index (χ1n) is 18.6. The van der Waals surface area contributed by atoms with Crippen LogP contribution in [0.2, 0.25) is 0 Å². The van der Waals surface area contributed by atoms with E-state index in [1.165, 1.54) is 22.3 Å². The van der Waals surface area contributed by atoms with Gasteiger partial charge in [0.25, 0.3) is 11.8 Å². The maximum Gasteiger partial charge on any atom is 0.257 e. The number of carbonyl (C=O) groups excluding carboxylic acids is 2. The number of hydrogen-bond acceptors (Lipinski definition) is 8. The lowest BCUT2D eigenvalue weighted by atomic mass is 10.00. The molecule has 0 fully saturated rings. The maximum atomic E-state index is 12.9. The summed E-state index contributed by atoms with van der Waals surface area (Å²) in [6.07, 6.45) is 0.822. The van der Waals surface area contributed by atoms with E-state index >= 15 is 0 Å². The second-order valence-electron chi connectivity index (χ2n) is 14.3. The number of rotatable bonds is 8. The van der Waals surface area contributed by atoms with Crippen molar-refractivity contribution >= 4 is 43.7 Å². The fourth-order valence-electron chi connectivity index (χ4n) is 7.65. The second-order valence-corrected chi connectivity index (χ2v) is 16.1. The molecule has 12 heteroatoms. The van der Waals surface area contributed by atoms with Crippen molar-refractivity contribution < 1.29 is 29.3 Å². The molecule has 4 aliphatic heterocycles. The van der Waals surface area contributed by atoms with Crippen molar-refractivity contribution in [2.24, 2.45) is 0 Å². The Hall–Kier alpha value is -3.78. The molecule has 4 heterocycles. The van der Waals surface area contributed by atoms with Crippen molar-refractivity contribution in [3.8, 4) is 11.5 Å². The van der Waals surface area contributed by atoms with Gasteiger partial charge in [-0.2, -0.15) is 0 Å². The molecule has 4 aromatic carbocycles. The highest BCUT2D eigenvalue weighted by atomic mass is 79.9. The molecule has 54 heavy (non-hydrogen) atoms. The molecule has 2 N–H and O–H groups in total.